The van der Waals surface area contributed by atoms with Crippen molar-refractivity contribution >= 4 is 39.8 Å². The Hall–Kier alpha value is -1.07. The molecule has 0 fully saturated rings. The van der Waals surface area contributed by atoms with Crippen LogP contribution in [0.5, 0.6) is 5.75 Å². The lowest BCUT2D eigenvalue weighted by molar-refractivity contribution is 0.154. The standard InChI is InChI=1S/C17H29N3O4S.HI/c1-13-6-7-16(23-4)15(12-13)14(2)20-17(18-3)19-8-9-24-10-11-25(5,21)22;/h6-7,12,14H,8-11H2,1-5H3,(H2,18,19,20);1H. The molecule has 1 atom stereocenters. The zero-order chi connectivity index (χ0) is 18.9. The van der Waals surface area contributed by atoms with Crippen LogP contribution in [-0.2, 0) is 14.6 Å². The quantitative estimate of drug-likeness (QED) is 0.234. The molecule has 2 N–H and O–H groups in total. The van der Waals surface area contributed by atoms with Gasteiger partial charge in [0, 0.05) is 25.4 Å². The molecule has 26 heavy (non-hydrogen) atoms. The minimum Gasteiger partial charge on any atom is -0.496 e. The predicted octanol–water partition coefficient (Wildman–Crippen LogP) is 1.91. The fourth-order valence-electron chi connectivity index (χ4n) is 2.22. The summed E-state index contributed by atoms with van der Waals surface area (Å²) in [6.07, 6.45) is 1.20. The summed E-state index contributed by atoms with van der Waals surface area (Å²) < 4.78 is 32.8. The van der Waals surface area contributed by atoms with Crippen molar-refractivity contribution < 1.29 is 17.9 Å². The van der Waals surface area contributed by atoms with E-state index in [1.165, 1.54) is 6.26 Å². The molecule has 7 nitrogen and oxygen atoms in total. The Bertz CT molecular complexity index is 681. The highest BCUT2D eigenvalue weighted by atomic mass is 127. The normalized spacial score (nSPS) is 12.9. The summed E-state index contributed by atoms with van der Waals surface area (Å²) in [5.41, 5.74) is 2.21. The molecule has 0 aliphatic carbocycles. The maximum atomic E-state index is 11.0. The van der Waals surface area contributed by atoms with E-state index < -0.39 is 9.84 Å². The number of methoxy groups -OCH3 is 1. The Balaban J connectivity index is 0.00000625. The molecule has 1 aromatic carbocycles. The monoisotopic (exact) mass is 499 g/mol. The maximum absolute atomic E-state index is 11.0. The van der Waals surface area contributed by atoms with Gasteiger partial charge in [0.25, 0.3) is 0 Å². The van der Waals surface area contributed by atoms with Gasteiger partial charge in [-0.1, -0.05) is 17.7 Å². The van der Waals surface area contributed by atoms with Gasteiger partial charge in [0.05, 0.1) is 32.1 Å². The second kappa shape index (κ2) is 12.3. The zero-order valence-electron chi connectivity index (χ0n) is 16.0. The van der Waals surface area contributed by atoms with E-state index in [9.17, 15) is 8.42 Å². The average molecular weight is 499 g/mol. The van der Waals surface area contributed by atoms with E-state index in [2.05, 4.69) is 21.7 Å². The second-order valence-corrected chi connectivity index (χ2v) is 8.11. The van der Waals surface area contributed by atoms with E-state index >= 15 is 0 Å². The molecule has 0 amide bonds. The van der Waals surface area contributed by atoms with Gasteiger partial charge in [-0.3, -0.25) is 4.99 Å². The van der Waals surface area contributed by atoms with Gasteiger partial charge in [0.15, 0.2) is 5.96 Å². The lowest BCUT2D eigenvalue weighted by Crippen LogP contribution is -2.40. The molecule has 1 rings (SSSR count). The Kier molecular flexibility index (Phi) is 11.8. The number of nitrogens with one attached hydrogen (secondary N) is 2. The number of hydrogen-bond acceptors (Lipinski definition) is 5. The third-order valence-corrected chi connectivity index (χ3v) is 4.47. The molecule has 0 spiro atoms. The van der Waals surface area contributed by atoms with Gasteiger partial charge >= 0.3 is 0 Å². The molecule has 1 aromatic rings. The zero-order valence-corrected chi connectivity index (χ0v) is 19.2. The first-order valence-corrected chi connectivity index (χ1v) is 10.2. The van der Waals surface area contributed by atoms with Crippen molar-refractivity contribution in [2.45, 2.75) is 19.9 Å². The Morgan fingerprint density at radius 1 is 1.31 bits per heavy atom. The molecular weight excluding hydrogens is 469 g/mol. The van der Waals surface area contributed by atoms with Gasteiger partial charge in [-0.2, -0.15) is 0 Å². The first kappa shape index (κ1) is 24.9. The third kappa shape index (κ3) is 9.58. The fourth-order valence-corrected chi connectivity index (χ4v) is 2.64. The molecule has 1 unspecified atom stereocenters. The van der Waals surface area contributed by atoms with Gasteiger partial charge in [-0.05, 0) is 19.9 Å². The lowest BCUT2D eigenvalue weighted by Gasteiger charge is -2.20. The number of sulfone groups is 1. The summed E-state index contributed by atoms with van der Waals surface area (Å²) in [5.74, 6) is 1.50. The van der Waals surface area contributed by atoms with Crippen LogP contribution < -0.4 is 15.4 Å². The van der Waals surface area contributed by atoms with Crippen molar-refractivity contribution in [3.63, 3.8) is 0 Å². The summed E-state index contributed by atoms with van der Waals surface area (Å²) in [6.45, 7) is 5.20. The van der Waals surface area contributed by atoms with E-state index in [1.54, 1.807) is 14.2 Å². The smallest absolute Gasteiger partial charge is 0.191 e. The lowest BCUT2D eigenvalue weighted by atomic mass is 10.0. The van der Waals surface area contributed by atoms with Gasteiger partial charge in [0.1, 0.15) is 15.6 Å². The molecular formula is C17H30IN3O4S. The molecule has 0 heterocycles. The molecule has 0 bridgehead atoms. The number of hydrogen-bond donors (Lipinski definition) is 2. The first-order chi connectivity index (χ1) is 11.8. The number of ether oxygens (including phenoxy) is 2. The van der Waals surface area contributed by atoms with E-state index in [0.717, 1.165) is 16.9 Å². The Morgan fingerprint density at radius 2 is 2.00 bits per heavy atom. The number of nitrogens with zero attached hydrogens (tertiary/aromatic N) is 1. The van der Waals surface area contributed by atoms with Crippen molar-refractivity contribution in [1.82, 2.24) is 10.6 Å². The number of aliphatic imine (C=N–C) groups is 1. The second-order valence-electron chi connectivity index (χ2n) is 5.85. The van der Waals surface area contributed by atoms with Crippen LogP contribution in [0.1, 0.15) is 24.1 Å². The van der Waals surface area contributed by atoms with E-state index in [1.807, 2.05) is 26.0 Å². The van der Waals surface area contributed by atoms with E-state index in [-0.39, 0.29) is 42.4 Å². The van der Waals surface area contributed by atoms with Crippen LogP contribution in [0.4, 0.5) is 0 Å². The average Bonchev–Trinajstić information content (AvgIpc) is 2.55. The summed E-state index contributed by atoms with van der Waals surface area (Å²) in [4.78, 5) is 4.19. The topological polar surface area (TPSA) is 89.0 Å². The van der Waals surface area contributed by atoms with E-state index in [0.29, 0.717) is 19.1 Å². The van der Waals surface area contributed by atoms with Crippen molar-refractivity contribution in [3.8, 4) is 5.75 Å². The number of benzene rings is 1. The highest BCUT2D eigenvalue weighted by molar-refractivity contribution is 14.0. The van der Waals surface area contributed by atoms with Crippen molar-refractivity contribution in [2.75, 3.05) is 45.9 Å². The van der Waals surface area contributed by atoms with Crippen LogP contribution >= 0.6 is 24.0 Å². The minimum atomic E-state index is -2.98. The third-order valence-electron chi connectivity index (χ3n) is 3.57. The summed E-state index contributed by atoms with van der Waals surface area (Å²) in [7, 11) is 0.367. The van der Waals surface area contributed by atoms with Crippen LogP contribution in [0.15, 0.2) is 23.2 Å². The molecule has 150 valence electrons. The largest absolute Gasteiger partial charge is 0.496 e. The fraction of sp³-hybridized carbons (Fsp3) is 0.588. The number of aryl methyl sites for hydroxylation is 1. The van der Waals surface area contributed by atoms with Crippen molar-refractivity contribution in [2.24, 2.45) is 4.99 Å². The highest BCUT2D eigenvalue weighted by Gasteiger charge is 2.13. The van der Waals surface area contributed by atoms with Crippen LogP contribution in [0.3, 0.4) is 0 Å². The molecule has 0 aliphatic heterocycles. The minimum absolute atomic E-state index is 0. The summed E-state index contributed by atoms with van der Waals surface area (Å²) in [6, 6.07) is 6.05. The van der Waals surface area contributed by atoms with Gasteiger partial charge in [-0.15, -0.1) is 24.0 Å². The van der Waals surface area contributed by atoms with Gasteiger partial charge in [-0.25, -0.2) is 8.42 Å². The van der Waals surface area contributed by atoms with Crippen LogP contribution in [0.25, 0.3) is 0 Å². The van der Waals surface area contributed by atoms with Crippen LogP contribution in [-0.4, -0.2) is 60.3 Å². The SMILES string of the molecule is CN=C(NCCOCCS(C)(=O)=O)NC(C)c1cc(C)ccc1OC.I. The number of guanidine groups is 1. The summed E-state index contributed by atoms with van der Waals surface area (Å²) >= 11 is 0. The molecule has 0 aliphatic rings. The highest BCUT2D eigenvalue weighted by Crippen LogP contribution is 2.25. The van der Waals surface area contributed by atoms with Crippen LogP contribution in [0, 0.1) is 6.92 Å². The van der Waals surface area contributed by atoms with Crippen molar-refractivity contribution in [3.05, 3.63) is 29.3 Å². The van der Waals surface area contributed by atoms with Crippen LogP contribution in [0.2, 0.25) is 0 Å². The summed E-state index contributed by atoms with van der Waals surface area (Å²) in [5, 5.41) is 6.45. The van der Waals surface area contributed by atoms with E-state index in [4.69, 9.17) is 9.47 Å². The Labute approximate surface area is 173 Å². The molecule has 0 aromatic heterocycles. The maximum Gasteiger partial charge on any atom is 0.191 e. The molecule has 9 heteroatoms. The molecule has 0 radical (unpaired) electrons. The number of rotatable bonds is 9. The first-order valence-electron chi connectivity index (χ1n) is 8.14. The predicted molar refractivity (Wildman–Crippen MR) is 117 cm³/mol. The van der Waals surface area contributed by atoms with Gasteiger partial charge < -0.3 is 20.1 Å². The Morgan fingerprint density at radius 3 is 2.58 bits per heavy atom. The molecule has 0 saturated carbocycles. The van der Waals surface area contributed by atoms with Crippen molar-refractivity contribution in [1.29, 1.82) is 0 Å². The molecule has 0 saturated heterocycles. The number of halogens is 1. The van der Waals surface area contributed by atoms with Gasteiger partial charge in [0.2, 0.25) is 0 Å².